The molecule has 0 spiro atoms. The van der Waals surface area contributed by atoms with Crippen molar-refractivity contribution in [1.29, 1.82) is 0 Å². The van der Waals surface area contributed by atoms with Crippen molar-refractivity contribution in [1.82, 2.24) is 9.80 Å². The summed E-state index contributed by atoms with van der Waals surface area (Å²) >= 11 is 0. The standard InChI is InChI=1S/C12H22N2O2.C2H6/c1-2-12(15)14-7-5-13(6-8-14)10-11-4-3-9-16-11;1-2/h11H,2-10H2,1H3;1-2H3. The number of carbonyl (C=O) groups is 1. The van der Waals surface area contributed by atoms with Crippen molar-refractivity contribution in [3.8, 4) is 0 Å². The van der Waals surface area contributed by atoms with Crippen LogP contribution in [0.3, 0.4) is 0 Å². The Bertz CT molecular complexity index is 232. The average Bonchev–Trinajstić information content (AvgIpc) is 2.94. The minimum absolute atomic E-state index is 0.289. The smallest absolute Gasteiger partial charge is 0.222 e. The van der Waals surface area contributed by atoms with E-state index in [1.807, 2.05) is 25.7 Å². The molecule has 0 N–H and O–H groups in total. The Morgan fingerprint density at radius 3 is 2.39 bits per heavy atom. The number of rotatable bonds is 3. The molecule has 2 saturated heterocycles. The lowest BCUT2D eigenvalue weighted by molar-refractivity contribution is -0.132. The minimum atomic E-state index is 0.289. The zero-order valence-electron chi connectivity index (χ0n) is 12.2. The largest absolute Gasteiger partial charge is 0.377 e. The molecule has 2 fully saturated rings. The lowest BCUT2D eigenvalue weighted by atomic mass is 10.2. The number of carbonyl (C=O) groups excluding carboxylic acids is 1. The van der Waals surface area contributed by atoms with Crippen molar-refractivity contribution in [3.05, 3.63) is 0 Å². The summed E-state index contributed by atoms with van der Waals surface area (Å²) in [6.45, 7) is 11.7. The zero-order valence-corrected chi connectivity index (χ0v) is 12.2. The van der Waals surface area contributed by atoms with Gasteiger partial charge < -0.3 is 9.64 Å². The average molecular weight is 256 g/mol. The molecule has 4 nitrogen and oxygen atoms in total. The molecule has 0 radical (unpaired) electrons. The van der Waals surface area contributed by atoms with Crippen LogP contribution in [0.15, 0.2) is 0 Å². The summed E-state index contributed by atoms with van der Waals surface area (Å²) in [6, 6.07) is 0. The first-order valence-corrected chi connectivity index (χ1v) is 7.41. The minimum Gasteiger partial charge on any atom is -0.377 e. The highest BCUT2D eigenvalue weighted by Crippen LogP contribution is 2.14. The van der Waals surface area contributed by atoms with Gasteiger partial charge in [-0.15, -0.1) is 0 Å². The predicted octanol–water partition coefficient (Wildman–Crippen LogP) is 1.75. The molecule has 2 rings (SSSR count). The molecule has 1 amide bonds. The van der Waals surface area contributed by atoms with E-state index in [1.54, 1.807) is 0 Å². The Morgan fingerprint density at radius 2 is 1.89 bits per heavy atom. The molecule has 106 valence electrons. The molecule has 0 bridgehead atoms. The van der Waals surface area contributed by atoms with Gasteiger partial charge in [-0.1, -0.05) is 20.8 Å². The first-order chi connectivity index (χ1) is 8.79. The Labute approximate surface area is 111 Å². The van der Waals surface area contributed by atoms with Gasteiger partial charge in [0.2, 0.25) is 5.91 Å². The summed E-state index contributed by atoms with van der Waals surface area (Å²) in [5, 5.41) is 0. The molecule has 0 saturated carbocycles. The maximum Gasteiger partial charge on any atom is 0.222 e. The van der Waals surface area contributed by atoms with E-state index in [4.69, 9.17) is 4.74 Å². The summed E-state index contributed by atoms with van der Waals surface area (Å²) in [4.78, 5) is 15.9. The van der Waals surface area contributed by atoms with Crippen LogP contribution in [0.25, 0.3) is 0 Å². The fraction of sp³-hybridized carbons (Fsp3) is 0.929. The van der Waals surface area contributed by atoms with E-state index < -0.39 is 0 Å². The van der Waals surface area contributed by atoms with Crippen LogP contribution in [-0.4, -0.2) is 61.1 Å². The summed E-state index contributed by atoms with van der Waals surface area (Å²) in [6.07, 6.45) is 3.48. The quantitative estimate of drug-likeness (QED) is 0.771. The number of hydrogen-bond acceptors (Lipinski definition) is 3. The van der Waals surface area contributed by atoms with Gasteiger partial charge in [0.15, 0.2) is 0 Å². The highest BCUT2D eigenvalue weighted by molar-refractivity contribution is 5.75. The van der Waals surface area contributed by atoms with E-state index in [2.05, 4.69) is 4.90 Å². The Morgan fingerprint density at radius 1 is 1.22 bits per heavy atom. The van der Waals surface area contributed by atoms with Crippen molar-refractivity contribution in [2.24, 2.45) is 0 Å². The number of ether oxygens (including phenoxy) is 1. The number of nitrogens with zero attached hydrogens (tertiary/aromatic N) is 2. The SMILES string of the molecule is CC.CCC(=O)N1CCN(CC2CCCO2)CC1. The van der Waals surface area contributed by atoms with Gasteiger partial charge in [0, 0.05) is 45.8 Å². The Kier molecular flexibility index (Phi) is 7.28. The van der Waals surface area contributed by atoms with Crippen LogP contribution >= 0.6 is 0 Å². The fourth-order valence-electron chi connectivity index (χ4n) is 2.48. The normalized spacial score (nSPS) is 24.6. The third-order valence-corrected chi connectivity index (χ3v) is 3.51. The third-order valence-electron chi connectivity index (χ3n) is 3.51. The van der Waals surface area contributed by atoms with Gasteiger partial charge in [-0.25, -0.2) is 0 Å². The molecular weight excluding hydrogens is 228 g/mol. The van der Waals surface area contributed by atoms with E-state index in [0.717, 1.165) is 39.3 Å². The van der Waals surface area contributed by atoms with Crippen LogP contribution in [0.5, 0.6) is 0 Å². The maximum absolute atomic E-state index is 11.5. The van der Waals surface area contributed by atoms with E-state index in [0.29, 0.717) is 12.5 Å². The van der Waals surface area contributed by atoms with Crippen molar-refractivity contribution >= 4 is 5.91 Å². The van der Waals surface area contributed by atoms with Gasteiger partial charge in [-0.05, 0) is 12.8 Å². The highest BCUT2D eigenvalue weighted by atomic mass is 16.5. The van der Waals surface area contributed by atoms with Gasteiger partial charge in [0.05, 0.1) is 6.10 Å². The molecule has 4 heteroatoms. The summed E-state index contributed by atoms with van der Waals surface area (Å²) in [7, 11) is 0. The van der Waals surface area contributed by atoms with E-state index in [9.17, 15) is 4.79 Å². The third kappa shape index (κ3) is 4.58. The topological polar surface area (TPSA) is 32.8 Å². The van der Waals surface area contributed by atoms with Crippen molar-refractivity contribution < 1.29 is 9.53 Å². The van der Waals surface area contributed by atoms with Crippen molar-refractivity contribution in [3.63, 3.8) is 0 Å². The predicted molar refractivity (Wildman–Crippen MR) is 73.6 cm³/mol. The lowest BCUT2D eigenvalue weighted by Gasteiger charge is -2.35. The van der Waals surface area contributed by atoms with Gasteiger partial charge >= 0.3 is 0 Å². The van der Waals surface area contributed by atoms with Gasteiger partial charge in [0.25, 0.3) is 0 Å². The first kappa shape index (κ1) is 15.4. The molecule has 1 unspecified atom stereocenters. The van der Waals surface area contributed by atoms with Crippen LogP contribution in [-0.2, 0) is 9.53 Å². The van der Waals surface area contributed by atoms with Crippen LogP contribution in [0.1, 0.15) is 40.0 Å². The Balaban J connectivity index is 0.000000771. The summed E-state index contributed by atoms with van der Waals surface area (Å²) < 4.78 is 5.63. The molecule has 0 aromatic rings. The molecule has 0 aromatic carbocycles. The van der Waals surface area contributed by atoms with Crippen molar-refractivity contribution in [2.45, 2.75) is 46.1 Å². The van der Waals surface area contributed by atoms with Gasteiger partial charge in [0.1, 0.15) is 0 Å². The fourth-order valence-corrected chi connectivity index (χ4v) is 2.48. The number of amides is 1. The highest BCUT2D eigenvalue weighted by Gasteiger charge is 2.23. The molecule has 2 aliphatic rings. The number of piperazine rings is 1. The van der Waals surface area contributed by atoms with Gasteiger partial charge in [-0.2, -0.15) is 0 Å². The van der Waals surface area contributed by atoms with Crippen LogP contribution in [0.2, 0.25) is 0 Å². The second kappa shape index (κ2) is 8.48. The second-order valence-electron chi connectivity index (χ2n) is 4.67. The van der Waals surface area contributed by atoms with E-state index >= 15 is 0 Å². The molecule has 1 atom stereocenters. The summed E-state index contributed by atoms with van der Waals surface area (Å²) in [5.74, 6) is 0.289. The Hall–Kier alpha value is -0.610. The molecule has 18 heavy (non-hydrogen) atoms. The molecule has 0 aliphatic carbocycles. The monoisotopic (exact) mass is 256 g/mol. The van der Waals surface area contributed by atoms with Crippen LogP contribution < -0.4 is 0 Å². The molecule has 0 aromatic heterocycles. The maximum atomic E-state index is 11.5. The number of hydrogen-bond donors (Lipinski definition) is 0. The van der Waals surface area contributed by atoms with Gasteiger partial charge in [-0.3, -0.25) is 9.69 Å². The molecule has 2 aliphatic heterocycles. The van der Waals surface area contributed by atoms with E-state index in [1.165, 1.54) is 12.8 Å². The van der Waals surface area contributed by atoms with Crippen LogP contribution in [0.4, 0.5) is 0 Å². The molecule has 2 heterocycles. The molecular formula is C14H28N2O2. The van der Waals surface area contributed by atoms with Crippen LogP contribution in [0, 0.1) is 0 Å². The van der Waals surface area contributed by atoms with Crippen molar-refractivity contribution in [2.75, 3.05) is 39.3 Å². The summed E-state index contributed by atoms with van der Waals surface area (Å²) in [5.41, 5.74) is 0. The second-order valence-corrected chi connectivity index (χ2v) is 4.67. The lowest BCUT2D eigenvalue weighted by Crippen LogP contribution is -2.50. The zero-order chi connectivity index (χ0) is 13.4. The first-order valence-electron chi connectivity index (χ1n) is 7.41. The van der Waals surface area contributed by atoms with E-state index in [-0.39, 0.29) is 5.91 Å².